The molecule has 0 radical (unpaired) electrons. The fourth-order valence-electron chi connectivity index (χ4n) is 2.24. The van der Waals surface area contributed by atoms with E-state index in [-0.39, 0.29) is 16.9 Å². The summed E-state index contributed by atoms with van der Waals surface area (Å²) in [7, 11) is 2.97. The summed E-state index contributed by atoms with van der Waals surface area (Å²) in [5.41, 5.74) is 0.981. The van der Waals surface area contributed by atoms with Crippen molar-refractivity contribution in [3.63, 3.8) is 0 Å². The summed E-state index contributed by atoms with van der Waals surface area (Å²) in [6, 6.07) is 5.91. The van der Waals surface area contributed by atoms with Gasteiger partial charge in [0.1, 0.15) is 11.6 Å². The highest BCUT2D eigenvalue weighted by Crippen LogP contribution is 2.29. The molecule has 0 fully saturated rings. The van der Waals surface area contributed by atoms with Crippen LogP contribution in [0.2, 0.25) is 0 Å². The molecule has 0 spiro atoms. The van der Waals surface area contributed by atoms with Crippen LogP contribution in [0.25, 0.3) is 0 Å². The van der Waals surface area contributed by atoms with Gasteiger partial charge in [-0.2, -0.15) is 0 Å². The third kappa shape index (κ3) is 3.03. The van der Waals surface area contributed by atoms with Gasteiger partial charge in [-0.05, 0) is 49.4 Å². The Hall–Kier alpha value is -2.01. The average molecular weight is 295 g/mol. The molecule has 0 aromatic heterocycles. The Balaban J connectivity index is 2.52. The second-order valence-electron chi connectivity index (χ2n) is 4.74. The Kier molecular flexibility index (Phi) is 4.53. The van der Waals surface area contributed by atoms with Gasteiger partial charge in [-0.3, -0.25) is 0 Å². The van der Waals surface area contributed by atoms with E-state index in [1.807, 2.05) is 0 Å². The van der Waals surface area contributed by atoms with E-state index in [1.165, 1.54) is 32.2 Å². The van der Waals surface area contributed by atoms with Gasteiger partial charge in [-0.1, -0.05) is 6.07 Å². The molecule has 1 N–H and O–H groups in total. The fourth-order valence-corrected chi connectivity index (χ4v) is 2.24. The molecule has 1 unspecified atom stereocenters. The molecule has 0 aliphatic rings. The normalized spacial score (nSPS) is 12.3. The largest absolute Gasteiger partial charge is 0.494 e. The van der Waals surface area contributed by atoms with Gasteiger partial charge < -0.3 is 10.1 Å². The lowest BCUT2D eigenvalue weighted by atomic mass is 9.97. The van der Waals surface area contributed by atoms with Gasteiger partial charge in [0.2, 0.25) is 0 Å². The van der Waals surface area contributed by atoms with Crippen molar-refractivity contribution in [1.82, 2.24) is 5.32 Å². The molecule has 2 aromatic carbocycles. The van der Waals surface area contributed by atoms with Crippen LogP contribution in [0.4, 0.5) is 13.2 Å². The minimum Gasteiger partial charge on any atom is -0.494 e. The Bertz CT molecular complexity index is 658. The van der Waals surface area contributed by atoms with E-state index in [1.54, 1.807) is 7.05 Å². The monoisotopic (exact) mass is 295 g/mol. The molecule has 2 aromatic rings. The quantitative estimate of drug-likeness (QED) is 0.928. The molecular formula is C16H16F3NO. The molecule has 0 saturated heterocycles. The van der Waals surface area contributed by atoms with Crippen molar-refractivity contribution in [1.29, 1.82) is 0 Å². The van der Waals surface area contributed by atoms with Crippen molar-refractivity contribution in [2.75, 3.05) is 14.2 Å². The Morgan fingerprint density at radius 3 is 2.33 bits per heavy atom. The zero-order valence-electron chi connectivity index (χ0n) is 12.0. The minimum absolute atomic E-state index is 0.0562. The molecule has 0 saturated carbocycles. The number of rotatable bonds is 4. The maximum atomic E-state index is 14.1. The smallest absolute Gasteiger partial charge is 0.165 e. The summed E-state index contributed by atoms with van der Waals surface area (Å²) in [6.45, 7) is 1.50. The summed E-state index contributed by atoms with van der Waals surface area (Å²) in [5, 5.41) is 2.91. The van der Waals surface area contributed by atoms with Gasteiger partial charge in [0.25, 0.3) is 0 Å². The number of halogens is 3. The number of hydrogen-bond acceptors (Lipinski definition) is 2. The zero-order valence-corrected chi connectivity index (χ0v) is 12.0. The molecule has 5 heteroatoms. The molecule has 1 atom stereocenters. The fraction of sp³-hybridized carbons (Fsp3) is 0.250. The van der Waals surface area contributed by atoms with Crippen molar-refractivity contribution < 1.29 is 17.9 Å². The first-order valence-electron chi connectivity index (χ1n) is 6.44. The number of hydrogen-bond donors (Lipinski definition) is 1. The van der Waals surface area contributed by atoms with Gasteiger partial charge >= 0.3 is 0 Å². The summed E-state index contributed by atoms with van der Waals surface area (Å²) in [6.07, 6.45) is 0. The van der Waals surface area contributed by atoms with E-state index in [4.69, 9.17) is 4.74 Å². The highest BCUT2D eigenvalue weighted by Gasteiger charge is 2.19. The second-order valence-corrected chi connectivity index (χ2v) is 4.74. The molecule has 0 bridgehead atoms. The third-order valence-electron chi connectivity index (χ3n) is 3.39. The Morgan fingerprint density at radius 1 is 1.00 bits per heavy atom. The summed E-state index contributed by atoms with van der Waals surface area (Å²) in [4.78, 5) is 0. The standard InChI is InChI=1S/C16H16F3NO/c1-9-6-14(19)11(8-13(9)18)16(20-2)10-4-5-12(17)15(7-10)21-3/h4-8,16,20H,1-3H3. The van der Waals surface area contributed by atoms with Crippen LogP contribution < -0.4 is 10.1 Å². The van der Waals surface area contributed by atoms with E-state index in [0.29, 0.717) is 5.56 Å². The number of benzene rings is 2. The highest BCUT2D eigenvalue weighted by molar-refractivity contribution is 5.39. The van der Waals surface area contributed by atoms with Gasteiger partial charge in [-0.25, -0.2) is 13.2 Å². The predicted octanol–water partition coefficient (Wildman–Crippen LogP) is 3.73. The van der Waals surface area contributed by atoms with Crippen molar-refractivity contribution in [3.8, 4) is 5.75 Å². The van der Waals surface area contributed by atoms with Crippen molar-refractivity contribution in [3.05, 3.63) is 64.5 Å². The van der Waals surface area contributed by atoms with E-state index < -0.39 is 23.5 Å². The van der Waals surface area contributed by atoms with Crippen molar-refractivity contribution >= 4 is 0 Å². The van der Waals surface area contributed by atoms with Crippen LogP contribution in [-0.2, 0) is 0 Å². The number of aryl methyl sites for hydroxylation is 1. The molecule has 2 rings (SSSR count). The molecule has 21 heavy (non-hydrogen) atoms. The molecule has 0 aliphatic carbocycles. The SMILES string of the molecule is CNC(c1ccc(F)c(OC)c1)c1cc(F)c(C)cc1F. The first kappa shape index (κ1) is 15.4. The second kappa shape index (κ2) is 6.18. The average Bonchev–Trinajstić information content (AvgIpc) is 2.46. The lowest BCUT2D eigenvalue weighted by Gasteiger charge is -2.19. The van der Waals surface area contributed by atoms with Crippen LogP contribution >= 0.6 is 0 Å². The molecule has 0 aliphatic heterocycles. The third-order valence-corrected chi connectivity index (χ3v) is 3.39. The van der Waals surface area contributed by atoms with Crippen molar-refractivity contribution in [2.24, 2.45) is 0 Å². The van der Waals surface area contributed by atoms with Crippen LogP contribution in [-0.4, -0.2) is 14.2 Å². The Labute approximate surface area is 121 Å². The van der Waals surface area contributed by atoms with Crippen molar-refractivity contribution in [2.45, 2.75) is 13.0 Å². The van der Waals surface area contributed by atoms with Gasteiger partial charge in [-0.15, -0.1) is 0 Å². The molecule has 112 valence electrons. The summed E-state index contributed by atoms with van der Waals surface area (Å²) < 4.78 is 46.2. The maximum Gasteiger partial charge on any atom is 0.165 e. The van der Waals surface area contributed by atoms with E-state index >= 15 is 0 Å². The molecule has 0 heterocycles. The Morgan fingerprint density at radius 2 is 1.71 bits per heavy atom. The zero-order chi connectivity index (χ0) is 15.6. The highest BCUT2D eigenvalue weighted by atomic mass is 19.1. The first-order valence-corrected chi connectivity index (χ1v) is 6.44. The first-order chi connectivity index (χ1) is 9.97. The van der Waals surface area contributed by atoms with Crippen LogP contribution in [0.3, 0.4) is 0 Å². The van der Waals surface area contributed by atoms with E-state index in [0.717, 1.165) is 12.1 Å². The molecule has 0 amide bonds. The van der Waals surface area contributed by atoms with E-state index in [9.17, 15) is 13.2 Å². The number of ether oxygens (including phenoxy) is 1. The molecular weight excluding hydrogens is 279 g/mol. The van der Waals surface area contributed by atoms with Crippen LogP contribution in [0.15, 0.2) is 30.3 Å². The van der Waals surface area contributed by atoms with Crippen LogP contribution in [0.1, 0.15) is 22.7 Å². The van der Waals surface area contributed by atoms with Gasteiger partial charge in [0.15, 0.2) is 11.6 Å². The number of methoxy groups -OCH3 is 1. The minimum atomic E-state index is -0.602. The number of nitrogens with one attached hydrogen (secondary N) is 1. The van der Waals surface area contributed by atoms with E-state index in [2.05, 4.69) is 5.32 Å². The predicted molar refractivity (Wildman–Crippen MR) is 74.9 cm³/mol. The lowest BCUT2D eigenvalue weighted by molar-refractivity contribution is 0.385. The van der Waals surface area contributed by atoms with Gasteiger partial charge in [0.05, 0.1) is 13.2 Å². The van der Waals surface area contributed by atoms with Crippen LogP contribution in [0, 0.1) is 24.4 Å². The summed E-state index contributed by atoms with van der Waals surface area (Å²) in [5.74, 6) is -1.45. The van der Waals surface area contributed by atoms with Crippen LogP contribution in [0.5, 0.6) is 5.75 Å². The topological polar surface area (TPSA) is 21.3 Å². The van der Waals surface area contributed by atoms with Gasteiger partial charge in [0, 0.05) is 5.56 Å². The molecule has 2 nitrogen and oxygen atoms in total. The summed E-state index contributed by atoms with van der Waals surface area (Å²) >= 11 is 0. The maximum absolute atomic E-state index is 14.1. The lowest BCUT2D eigenvalue weighted by Crippen LogP contribution is -2.19.